The van der Waals surface area contributed by atoms with Crippen molar-refractivity contribution in [2.75, 3.05) is 0 Å². The maximum Gasteiger partial charge on any atom is 0.224 e. The van der Waals surface area contributed by atoms with Crippen molar-refractivity contribution in [3.8, 4) is 0 Å². The summed E-state index contributed by atoms with van der Waals surface area (Å²) in [5.41, 5.74) is 0.608. The summed E-state index contributed by atoms with van der Waals surface area (Å²) in [5.74, 6) is 0.369. The molecule has 3 aliphatic carbocycles. The average molecular weight is 703 g/mol. The number of hydrogen-bond donors (Lipinski definition) is 2. The van der Waals surface area contributed by atoms with Crippen LogP contribution in [0.4, 0.5) is 0 Å². The molecule has 4 nitrogen and oxygen atoms in total. The van der Waals surface area contributed by atoms with Crippen LogP contribution in [0.1, 0.15) is 77.0 Å². The summed E-state index contributed by atoms with van der Waals surface area (Å²) in [4.78, 5) is 28.8. The summed E-state index contributed by atoms with van der Waals surface area (Å²) in [7, 11) is -1.35. The number of nitrogens with one attached hydrogen (secondary N) is 2. The van der Waals surface area contributed by atoms with Gasteiger partial charge in [0.05, 0.1) is 0 Å². The van der Waals surface area contributed by atoms with Gasteiger partial charge in [0.1, 0.15) is 0 Å². The van der Waals surface area contributed by atoms with Crippen LogP contribution in [0.2, 0.25) is 0 Å². The Bertz CT molecular complexity index is 1450. The highest BCUT2D eigenvalue weighted by atomic mass is 31.1. The third-order valence-electron chi connectivity index (χ3n) is 11.4. The molecule has 0 saturated heterocycles. The van der Waals surface area contributed by atoms with Crippen molar-refractivity contribution in [3.05, 3.63) is 121 Å². The zero-order valence-electron chi connectivity index (χ0n) is 29.2. The van der Waals surface area contributed by atoms with E-state index in [1.807, 2.05) is 0 Å². The van der Waals surface area contributed by atoms with Crippen molar-refractivity contribution in [2.45, 2.75) is 100 Å². The van der Waals surface area contributed by atoms with Crippen LogP contribution in [0.3, 0.4) is 0 Å². The van der Waals surface area contributed by atoms with E-state index in [-0.39, 0.29) is 35.7 Å². The lowest BCUT2D eigenvalue weighted by molar-refractivity contribution is -0.129. The molecule has 0 bridgehead atoms. The quantitative estimate of drug-likeness (QED) is 0.165. The molecular formula is C44H52N2O2P2. The van der Waals surface area contributed by atoms with E-state index >= 15 is 0 Å². The topological polar surface area (TPSA) is 58.2 Å². The van der Waals surface area contributed by atoms with Crippen LogP contribution >= 0.6 is 15.8 Å². The van der Waals surface area contributed by atoms with Gasteiger partial charge in [-0.05, 0) is 86.9 Å². The highest BCUT2D eigenvalue weighted by Crippen LogP contribution is 2.50. The Labute approximate surface area is 301 Å². The lowest BCUT2D eigenvalue weighted by Gasteiger charge is -2.41. The van der Waals surface area contributed by atoms with Crippen LogP contribution in [-0.4, -0.2) is 35.2 Å². The normalized spacial score (nSPS) is 25.6. The first-order valence-electron chi connectivity index (χ1n) is 19.1. The molecule has 0 heterocycles. The molecule has 4 aromatic rings. The van der Waals surface area contributed by atoms with Gasteiger partial charge in [0.2, 0.25) is 11.8 Å². The van der Waals surface area contributed by atoms with Crippen LogP contribution < -0.4 is 31.9 Å². The monoisotopic (exact) mass is 702 g/mol. The van der Waals surface area contributed by atoms with Crippen molar-refractivity contribution in [2.24, 2.45) is 11.8 Å². The highest BCUT2D eigenvalue weighted by molar-refractivity contribution is 7.74. The van der Waals surface area contributed by atoms with Gasteiger partial charge in [0.25, 0.3) is 0 Å². The maximum absolute atomic E-state index is 14.4. The van der Waals surface area contributed by atoms with Gasteiger partial charge in [-0.15, -0.1) is 0 Å². The molecule has 4 aromatic carbocycles. The van der Waals surface area contributed by atoms with Crippen LogP contribution in [0.5, 0.6) is 0 Å². The minimum absolute atomic E-state index is 0.0171. The largest absolute Gasteiger partial charge is 0.351 e. The van der Waals surface area contributed by atoms with Gasteiger partial charge >= 0.3 is 0 Å². The molecule has 3 saturated carbocycles. The van der Waals surface area contributed by atoms with Crippen molar-refractivity contribution >= 4 is 48.9 Å². The molecule has 0 radical (unpaired) electrons. The van der Waals surface area contributed by atoms with E-state index in [2.05, 4.69) is 132 Å². The number of carbonyl (C=O) groups is 2. The van der Waals surface area contributed by atoms with Crippen molar-refractivity contribution < 1.29 is 9.59 Å². The van der Waals surface area contributed by atoms with Crippen LogP contribution in [0, 0.1) is 11.8 Å². The van der Waals surface area contributed by atoms with Crippen LogP contribution in [-0.2, 0) is 9.59 Å². The Morgan fingerprint density at radius 2 is 0.680 bits per heavy atom. The summed E-state index contributed by atoms with van der Waals surface area (Å²) >= 11 is 0. The average Bonchev–Trinajstić information content (AvgIpc) is 3.18. The Morgan fingerprint density at radius 3 is 1.00 bits per heavy atom. The van der Waals surface area contributed by atoms with E-state index in [0.29, 0.717) is 11.3 Å². The number of amides is 2. The van der Waals surface area contributed by atoms with Gasteiger partial charge in [0, 0.05) is 23.9 Å². The third kappa shape index (κ3) is 8.25. The maximum atomic E-state index is 14.4. The fraction of sp³-hybridized carbons (Fsp3) is 0.409. The Kier molecular flexibility index (Phi) is 12.1. The third-order valence-corrected chi connectivity index (χ3v) is 17.3. The molecule has 50 heavy (non-hydrogen) atoms. The first-order valence-corrected chi connectivity index (χ1v) is 21.9. The molecule has 6 heteroatoms. The molecule has 0 aromatic heterocycles. The van der Waals surface area contributed by atoms with Gasteiger partial charge in [-0.3, -0.25) is 9.59 Å². The Hall–Kier alpha value is -3.32. The van der Waals surface area contributed by atoms with Gasteiger partial charge in [-0.2, -0.15) is 0 Å². The fourth-order valence-corrected chi connectivity index (χ4v) is 15.2. The van der Waals surface area contributed by atoms with E-state index in [4.69, 9.17) is 0 Å². The van der Waals surface area contributed by atoms with Crippen LogP contribution in [0.15, 0.2) is 121 Å². The van der Waals surface area contributed by atoms with Gasteiger partial charge < -0.3 is 10.6 Å². The summed E-state index contributed by atoms with van der Waals surface area (Å²) in [5, 5.41) is 12.6. The van der Waals surface area contributed by atoms with Gasteiger partial charge in [-0.1, -0.05) is 160 Å². The number of benzene rings is 4. The molecule has 0 aliphatic heterocycles. The number of hydrogen-bond acceptors (Lipinski definition) is 2. The van der Waals surface area contributed by atoms with E-state index in [1.165, 1.54) is 34.1 Å². The standard InChI is InChI=1S/C44H52N2O2P2/c47-43(37-27-13-17-31-41(37)49(33-19-5-1-6-20-33)34-21-7-2-8-22-34)45-39-29-15-16-30-40(39)46-44(48)38-28-14-18-32-42(38)50(35-23-9-3-10-24-35)36-25-11-4-12-26-36/h1-12,19-26,37-42H,13-18,27-32H2,(H,45,47)(H,46,48)/t37-,38-,39+,40+,41-,42-/m0/s1. The lowest BCUT2D eigenvalue weighted by Crippen LogP contribution is -2.57. The second-order valence-electron chi connectivity index (χ2n) is 14.5. The van der Waals surface area contributed by atoms with Gasteiger partial charge in [-0.25, -0.2) is 0 Å². The molecule has 3 fully saturated rings. The molecule has 2 amide bonds. The zero-order chi connectivity index (χ0) is 34.1. The molecule has 6 atom stereocenters. The van der Waals surface area contributed by atoms with Crippen molar-refractivity contribution in [1.29, 1.82) is 0 Å². The molecular weight excluding hydrogens is 650 g/mol. The molecule has 3 aliphatic rings. The van der Waals surface area contributed by atoms with E-state index in [1.54, 1.807) is 0 Å². The summed E-state index contributed by atoms with van der Waals surface area (Å²) in [6.07, 6.45) is 12.6. The van der Waals surface area contributed by atoms with Crippen molar-refractivity contribution in [3.63, 3.8) is 0 Å². The number of rotatable bonds is 10. The first kappa shape index (κ1) is 35.1. The summed E-state index contributed by atoms with van der Waals surface area (Å²) in [6.45, 7) is 0. The minimum atomic E-state index is -0.677. The molecule has 260 valence electrons. The SMILES string of the molecule is O=C(N[C@@H]1CCCC[C@H]1NC(=O)[C@H]1CCCC[C@@H]1P(c1ccccc1)c1ccccc1)[C@H]1CCCC[C@@H]1P(c1ccccc1)c1ccccc1. The summed E-state index contributed by atoms with van der Waals surface area (Å²) < 4.78 is 0. The Morgan fingerprint density at radius 1 is 0.400 bits per heavy atom. The van der Waals surface area contributed by atoms with E-state index in [0.717, 1.165) is 64.2 Å². The zero-order valence-corrected chi connectivity index (χ0v) is 31.0. The highest BCUT2D eigenvalue weighted by Gasteiger charge is 2.41. The first-order chi connectivity index (χ1) is 24.7. The smallest absolute Gasteiger partial charge is 0.224 e. The minimum Gasteiger partial charge on any atom is -0.351 e. The molecule has 2 N–H and O–H groups in total. The van der Waals surface area contributed by atoms with E-state index in [9.17, 15) is 9.59 Å². The number of carbonyl (C=O) groups excluding carboxylic acids is 2. The van der Waals surface area contributed by atoms with Crippen molar-refractivity contribution in [1.82, 2.24) is 10.6 Å². The van der Waals surface area contributed by atoms with E-state index < -0.39 is 15.8 Å². The van der Waals surface area contributed by atoms with Crippen LogP contribution in [0.25, 0.3) is 0 Å². The molecule has 0 spiro atoms. The Balaban J connectivity index is 1.09. The summed E-state index contributed by atoms with van der Waals surface area (Å²) in [6, 6.07) is 43.5. The second kappa shape index (κ2) is 17.3. The predicted octanol–water partition coefficient (Wildman–Crippen LogP) is 7.91. The van der Waals surface area contributed by atoms with Gasteiger partial charge in [0.15, 0.2) is 0 Å². The molecule has 7 rings (SSSR count). The molecule has 0 unspecified atom stereocenters. The lowest BCUT2D eigenvalue weighted by atomic mass is 9.85. The second-order valence-corrected chi connectivity index (χ2v) is 19.4. The fourth-order valence-electron chi connectivity index (χ4n) is 8.93. The predicted molar refractivity (Wildman–Crippen MR) is 212 cm³/mol.